The highest BCUT2D eigenvalue weighted by Gasteiger charge is 2.43. The first-order chi connectivity index (χ1) is 12.0. The molecule has 2 aromatic rings. The average molecular weight is 400 g/mol. The normalized spacial score (nSPS) is 22.8. The van der Waals surface area contributed by atoms with Crippen LogP contribution in [0.25, 0.3) is 11.3 Å². The van der Waals surface area contributed by atoms with Crippen LogP contribution < -0.4 is 0 Å². The molecule has 1 aromatic carbocycles. The van der Waals surface area contributed by atoms with Crippen LogP contribution >= 0.6 is 0 Å². The van der Waals surface area contributed by atoms with E-state index in [1.54, 1.807) is 32.0 Å². The number of hydrogen-bond donors (Lipinski definition) is 1. The first kappa shape index (κ1) is 19.0. The molecule has 0 aliphatic carbocycles. The molecule has 0 unspecified atom stereocenters. The summed E-state index contributed by atoms with van der Waals surface area (Å²) in [6, 6.07) is 5.52. The van der Waals surface area contributed by atoms with Gasteiger partial charge in [0, 0.05) is 18.7 Å². The molecule has 1 saturated heterocycles. The lowest BCUT2D eigenvalue weighted by Crippen LogP contribution is -2.44. The number of likely N-dealkylation sites (N-methyl/N-ethyl adjacent to an activating group) is 1. The lowest BCUT2D eigenvalue weighted by atomic mass is 10.1. The van der Waals surface area contributed by atoms with E-state index in [9.17, 15) is 21.9 Å². The van der Waals surface area contributed by atoms with Gasteiger partial charge in [0.05, 0.1) is 34.2 Å². The number of sulfonamides is 1. The number of rotatable bonds is 4. The number of aliphatic hydroxyl groups excluding tert-OH is 1. The Morgan fingerprint density at radius 3 is 2.46 bits per heavy atom. The molecule has 1 N–H and O–H groups in total. The van der Waals surface area contributed by atoms with Crippen molar-refractivity contribution in [2.45, 2.75) is 30.9 Å². The van der Waals surface area contributed by atoms with E-state index in [1.807, 2.05) is 0 Å². The quantitative estimate of drug-likeness (QED) is 0.804. The minimum Gasteiger partial charge on any atom is -0.390 e. The lowest BCUT2D eigenvalue weighted by Gasteiger charge is -2.26. The van der Waals surface area contributed by atoms with Gasteiger partial charge in [-0.15, -0.1) is 0 Å². The molecular weight excluding hydrogens is 380 g/mol. The minimum absolute atomic E-state index is 0.0306. The monoisotopic (exact) mass is 400 g/mol. The molecule has 0 radical (unpaired) electrons. The highest BCUT2D eigenvalue weighted by Crippen LogP contribution is 2.29. The summed E-state index contributed by atoms with van der Waals surface area (Å²) in [5.74, 6) is -0.400. The number of benzene rings is 1. The predicted molar refractivity (Wildman–Crippen MR) is 94.8 cm³/mol. The van der Waals surface area contributed by atoms with Crippen LogP contribution in [0.15, 0.2) is 33.7 Å². The molecule has 2 heterocycles. The van der Waals surface area contributed by atoms with Crippen LogP contribution in [0.3, 0.4) is 0 Å². The summed E-state index contributed by atoms with van der Waals surface area (Å²) >= 11 is 0. The lowest BCUT2D eigenvalue weighted by molar-refractivity contribution is 0.137. The maximum absolute atomic E-state index is 13.1. The fourth-order valence-corrected chi connectivity index (χ4v) is 6.59. The summed E-state index contributed by atoms with van der Waals surface area (Å²) in [7, 11) is -6.20. The van der Waals surface area contributed by atoms with E-state index >= 15 is 0 Å². The summed E-state index contributed by atoms with van der Waals surface area (Å²) < 4.78 is 55.7. The van der Waals surface area contributed by atoms with Gasteiger partial charge in [-0.05, 0) is 25.5 Å². The number of sulfone groups is 1. The fraction of sp³-hybridized carbons (Fsp3) is 0.438. The molecule has 1 aliphatic rings. The van der Waals surface area contributed by atoms with Crippen LogP contribution in [-0.4, -0.2) is 62.1 Å². The second-order valence-corrected chi connectivity index (χ2v) is 10.7. The fourth-order valence-electron chi connectivity index (χ4n) is 3.02. The van der Waals surface area contributed by atoms with Gasteiger partial charge >= 0.3 is 0 Å². The van der Waals surface area contributed by atoms with Gasteiger partial charge in [0.1, 0.15) is 0 Å². The van der Waals surface area contributed by atoms with Crippen LogP contribution in [0.2, 0.25) is 0 Å². The van der Waals surface area contributed by atoms with Gasteiger partial charge in [-0.25, -0.2) is 16.8 Å². The molecule has 10 heteroatoms. The number of aryl methyl sites for hydroxylation is 2. The summed E-state index contributed by atoms with van der Waals surface area (Å²) in [4.78, 5) is 0.0306. The smallest absolute Gasteiger partial charge is 0.243 e. The Bertz CT molecular complexity index is 1040. The Kier molecular flexibility index (Phi) is 4.72. The average Bonchev–Trinajstić information content (AvgIpc) is 3.09. The Balaban J connectivity index is 2.01. The Morgan fingerprint density at radius 1 is 1.23 bits per heavy atom. The number of aromatic nitrogens is 1. The molecular formula is C16H20N2O6S2. The summed E-state index contributed by atoms with van der Waals surface area (Å²) in [5, 5.41) is 13.8. The van der Waals surface area contributed by atoms with Crippen molar-refractivity contribution in [3.05, 3.63) is 35.5 Å². The van der Waals surface area contributed by atoms with Crippen LogP contribution in [0, 0.1) is 13.8 Å². The number of nitrogens with zero attached hydrogens (tertiary/aromatic N) is 2. The molecule has 0 spiro atoms. The van der Waals surface area contributed by atoms with Crippen molar-refractivity contribution >= 4 is 19.9 Å². The SMILES string of the molecule is Cc1cc(-c2ccc(C)c(S(=O)(=O)N(C)[C@@H]3CS(=O)(=O)C[C@H]3O)c2)on1. The Labute approximate surface area is 152 Å². The maximum Gasteiger partial charge on any atom is 0.243 e. The van der Waals surface area contributed by atoms with E-state index < -0.39 is 43.5 Å². The third kappa shape index (κ3) is 3.41. The van der Waals surface area contributed by atoms with Gasteiger partial charge in [-0.3, -0.25) is 0 Å². The zero-order chi connectivity index (χ0) is 19.3. The Morgan fingerprint density at radius 2 is 1.92 bits per heavy atom. The van der Waals surface area contributed by atoms with Crippen LogP contribution in [-0.2, 0) is 19.9 Å². The first-order valence-corrected chi connectivity index (χ1v) is 11.2. The molecule has 1 aromatic heterocycles. The number of hydrogen-bond acceptors (Lipinski definition) is 7. The summed E-state index contributed by atoms with van der Waals surface area (Å²) in [6.45, 7) is 3.41. The molecule has 3 rings (SSSR count). The minimum atomic E-state index is -4.01. The molecule has 0 saturated carbocycles. The van der Waals surface area contributed by atoms with Gasteiger partial charge in [0.25, 0.3) is 0 Å². The van der Waals surface area contributed by atoms with E-state index in [0.29, 0.717) is 22.6 Å². The van der Waals surface area contributed by atoms with Gasteiger partial charge < -0.3 is 9.63 Å². The van der Waals surface area contributed by atoms with Crippen LogP contribution in [0.1, 0.15) is 11.3 Å². The molecule has 1 aliphatic heterocycles. The zero-order valence-corrected chi connectivity index (χ0v) is 16.2. The Hall–Kier alpha value is -1.75. The number of aliphatic hydroxyl groups is 1. The highest BCUT2D eigenvalue weighted by atomic mass is 32.2. The van der Waals surface area contributed by atoms with E-state index in [0.717, 1.165) is 4.31 Å². The van der Waals surface area contributed by atoms with E-state index in [1.165, 1.54) is 13.1 Å². The summed E-state index contributed by atoms with van der Waals surface area (Å²) in [5.41, 5.74) is 1.72. The largest absolute Gasteiger partial charge is 0.390 e. The summed E-state index contributed by atoms with van der Waals surface area (Å²) in [6.07, 6.45) is -1.25. The van der Waals surface area contributed by atoms with Gasteiger partial charge in [0.2, 0.25) is 10.0 Å². The van der Waals surface area contributed by atoms with E-state index in [2.05, 4.69) is 5.16 Å². The van der Waals surface area contributed by atoms with Crippen LogP contribution in [0.5, 0.6) is 0 Å². The zero-order valence-electron chi connectivity index (χ0n) is 14.6. The van der Waals surface area contributed by atoms with Crippen molar-refractivity contribution in [1.82, 2.24) is 9.46 Å². The molecule has 0 bridgehead atoms. The van der Waals surface area contributed by atoms with Gasteiger partial charge in [0.15, 0.2) is 15.6 Å². The molecule has 142 valence electrons. The molecule has 8 nitrogen and oxygen atoms in total. The third-order valence-corrected chi connectivity index (χ3v) is 8.24. The first-order valence-electron chi connectivity index (χ1n) is 7.92. The topological polar surface area (TPSA) is 118 Å². The van der Waals surface area contributed by atoms with Crippen molar-refractivity contribution < 1.29 is 26.5 Å². The predicted octanol–water partition coefficient (Wildman–Crippen LogP) is 0.737. The second kappa shape index (κ2) is 6.45. The van der Waals surface area contributed by atoms with Crippen molar-refractivity contribution in [3.63, 3.8) is 0 Å². The van der Waals surface area contributed by atoms with Crippen molar-refractivity contribution in [2.75, 3.05) is 18.6 Å². The van der Waals surface area contributed by atoms with Crippen LogP contribution in [0.4, 0.5) is 0 Å². The molecule has 1 fully saturated rings. The highest BCUT2D eigenvalue weighted by molar-refractivity contribution is 7.92. The van der Waals surface area contributed by atoms with Gasteiger partial charge in [-0.2, -0.15) is 4.31 Å². The molecule has 2 atom stereocenters. The van der Waals surface area contributed by atoms with E-state index in [4.69, 9.17) is 4.52 Å². The third-order valence-electron chi connectivity index (χ3n) is 4.52. The van der Waals surface area contributed by atoms with Crippen molar-refractivity contribution in [1.29, 1.82) is 0 Å². The maximum atomic E-state index is 13.1. The second-order valence-electron chi connectivity index (χ2n) is 6.55. The molecule has 26 heavy (non-hydrogen) atoms. The molecule has 0 amide bonds. The van der Waals surface area contributed by atoms with Gasteiger partial charge in [-0.1, -0.05) is 17.3 Å². The van der Waals surface area contributed by atoms with E-state index in [-0.39, 0.29) is 4.90 Å². The van der Waals surface area contributed by atoms with Crippen molar-refractivity contribution in [3.8, 4) is 11.3 Å². The standard InChI is InChI=1S/C16H20N2O6S2/c1-10-4-5-12(15-6-11(2)17-24-15)7-16(10)26(22,23)18(3)13-8-25(20,21)9-14(13)19/h4-7,13-14,19H,8-9H2,1-3H3/t13-,14-/m1/s1. The van der Waals surface area contributed by atoms with Crippen molar-refractivity contribution in [2.24, 2.45) is 0 Å².